The molecule has 3 aromatic rings. The van der Waals surface area contributed by atoms with Crippen molar-refractivity contribution >= 4 is 0 Å². The first kappa shape index (κ1) is 13.5. The van der Waals surface area contributed by atoms with E-state index in [0.29, 0.717) is 5.69 Å². The molecule has 0 unspecified atom stereocenters. The van der Waals surface area contributed by atoms with Crippen molar-refractivity contribution in [1.82, 2.24) is 15.0 Å². The van der Waals surface area contributed by atoms with E-state index in [0.717, 1.165) is 22.5 Å². The van der Waals surface area contributed by atoms with Crippen LogP contribution < -0.4 is 0 Å². The minimum absolute atomic E-state index is 0.130. The van der Waals surface area contributed by atoms with Gasteiger partial charge >= 0.3 is 0 Å². The van der Waals surface area contributed by atoms with Gasteiger partial charge < -0.3 is 5.11 Å². The third-order valence-corrected chi connectivity index (χ3v) is 3.52. The Balaban J connectivity index is 2.22. The maximum atomic E-state index is 9.54. The van der Waals surface area contributed by atoms with Crippen molar-refractivity contribution in [3.05, 3.63) is 65.4 Å². The average Bonchev–Trinajstić information content (AvgIpc) is 2.92. The maximum absolute atomic E-state index is 9.54. The average molecular weight is 279 g/mol. The largest absolute Gasteiger partial charge is 0.390 e. The van der Waals surface area contributed by atoms with E-state index in [1.807, 2.05) is 36.4 Å². The molecule has 0 fully saturated rings. The Morgan fingerprint density at radius 1 is 1.05 bits per heavy atom. The molecule has 0 spiro atoms. The van der Waals surface area contributed by atoms with Crippen molar-refractivity contribution in [2.75, 3.05) is 0 Å². The second-order valence-electron chi connectivity index (χ2n) is 5.11. The van der Waals surface area contributed by atoms with Gasteiger partial charge in [0.25, 0.3) is 0 Å². The van der Waals surface area contributed by atoms with Gasteiger partial charge in [-0.2, -0.15) is 0 Å². The van der Waals surface area contributed by atoms with Gasteiger partial charge in [0.15, 0.2) is 0 Å². The summed E-state index contributed by atoms with van der Waals surface area (Å²) in [7, 11) is 0. The van der Waals surface area contributed by atoms with Gasteiger partial charge in [0.2, 0.25) is 0 Å². The number of hydrogen-bond donors (Lipinski definition) is 1. The molecule has 1 heterocycles. The van der Waals surface area contributed by atoms with Gasteiger partial charge in [-0.15, -0.1) is 5.10 Å². The van der Waals surface area contributed by atoms with Crippen molar-refractivity contribution in [1.29, 1.82) is 0 Å². The lowest BCUT2D eigenvalue weighted by Gasteiger charge is -2.11. The fraction of sp³-hybridized carbons (Fsp3) is 0.176. The summed E-state index contributed by atoms with van der Waals surface area (Å²) >= 11 is 0. The van der Waals surface area contributed by atoms with Crippen LogP contribution in [-0.2, 0) is 6.61 Å². The molecule has 0 saturated heterocycles. The Morgan fingerprint density at radius 3 is 2.48 bits per heavy atom. The number of aliphatic hydroxyl groups is 1. The van der Waals surface area contributed by atoms with Crippen molar-refractivity contribution in [2.24, 2.45) is 0 Å². The Labute approximate surface area is 123 Å². The molecule has 4 nitrogen and oxygen atoms in total. The lowest BCUT2D eigenvalue weighted by molar-refractivity contribution is 0.277. The molecular formula is C17H17N3O. The molecule has 106 valence electrons. The highest BCUT2D eigenvalue weighted by atomic mass is 16.3. The molecule has 1 N–H and O–H groups in total. The van der Waals surface area contributed by atoms with E-state index >= 15 is 0 Å². The van der Waals surface area contributed by atoms with Crippen LogP contribution >= 0.6 is 0 Å². The van der Waals surface area contributed by atoms with Crippen LogP contribution in [0.3, 0.4) is 0 Å². The molecule has 0 aliphatic rings. The lowest BCUT2D eigenvalue weighted by atomic mass is 10.1. The van der Waals surface area contributed by atoms with E-state index in [4.69, 9.17) is 0 Å². The quantitative estimate of drug-likeness (QED) is 0.801. The highest BCUT2D eigenvalue weighted by Crippen LogP contribution is 2.26. The van der Waals surface area contributed by atoms with E-state index in [1.165, 1.54) is 5.56 Å². The summed E-state index contributed by atoms with van der Waals surface area (Å²) in [6.07, 6.45) is 0. The molecule has 3 rings (SSSR count). The van der Waals surface area contributed by atoms with E-state index in [2.05, 4.69) is 36.3 Å². The van der Waals surface area contributed by atoms with Crippen LogP contribution in [0.2, 0.25) is 0 Å². The normalized spacial score (nSPS) is 10.8. The SMILES string of the molecule is Cc1ccc(-n2nnc(CO)c2-c2ccccc2)c(C)c1. The third-order valence-electron chi connectivity index (χ3n) is 3.52. The van der Waals surface area contributed by atoms with Gasteiger partial charge in [0.1, 0.15) is 11.4 Å². The summed E-state index contributed by atoms with van der Waals surface area (Å²) in [4.78, 5) is 0. The highest BCUT2D eigenvalue weighted by molar-refractivity contribution is 5.64. The number of rotatable bonds is 3. The molecule has 0 aliphatic carbocycles. The summed E-state index contributed by atoms with van der Waals surface area (Å²) in [5.41, 5.74) is 5.73. The van der Waals surface area contributed by atoms with Gasteiger partial charge in [-0.25, -0.2) is 4.68 Å². The number of aromatic nitrogens is 3. The van der Waals surface area contributed by atoms with Crippen molar-refractivity contribution in [3.63, 3.8) is 0 Å². The summed E-state index contributed by atoms with van der Waals surface area (Å²) < 4.78 is 1.80. The standard InChI is InChI=1S/C17H17N3O/c1-12-8-9-16(13(2)10-12)20-17(15(11-21)18-19-20)14-6-4-3-5-7-14/h3-10,21H,11H2,1-2H3. The second kappa shape index (κ2) is 5.50. The number of hydrogen-bond acceptors (Lipinski definition) is 3. The molecule has 4 heteroatoms. The zero-order valence-corrected chi connectivity index (χ0v) is 12.1. The lowest BCUT2D eigenvalue weighted by Crippen LogP contribution is -2.02. The van der Waals surface area contributed by atoms with Crippen molar-refractivity contribution in [3.8, 4) is 16.9 Å². The highest BCUT2D eigenvalue weighted by Gasteiger charge is 2.16. The molecule has 0 bridgehead atoms. The van der Waals surface area contributed by atoms with Crippen LogP contribution in [0.4, 0.5) is 0 Å². The Morgan fingerprint density at radius 2 is 1.81 bits per heavy atom. The van der Waals surface area contributed by atoms with Gasteiger partial charge in [-0.3, -0.25) is 0 Å². The molecule has 21 heavy (non-hydrogen) atoms. The first-order valence-corrected chi connectivity index (χ1v) is 6.89. The van der Waals surface area contributed by atoms with Crippen LogP contribution in [0.15, 0.2) is 48.5 Å². The van der Waals surface area contributed by atoms with Crippen molar-refractivity contribution in [2.45, 2.75) is 20.5 Å². The number of aryl methyl sites for hydroxylation is 2. The molecule has 0 amide bonds. The van der Waals surface area contributed by atoms with Gasteiger partial charge in [-0.1, -0.05) is 53.2 Å². The maximum Gasteiger partial charge on any atom is 0.117 e. The summed E-state index contributed by atoms with van der Waals surface area (Å²) in [6.45, 7) is 3.99. The summed E-state index contributed by atoms with van der Waals surface area (Å²) in [5.74, 6) is 0. The minimum Gasteiger partial charge on any atom is -0.390 e. The molecule has 0 atom stereocenters. The molecule has 0 radical (unpaired) electrons. The third kappa shape index (κ3) is 2.45. The minimum atomic E-state index is -0.130. The van der Waals surface area contributed by atoms with Crippen LogP contribution in [0, 0.1) is 13.8 Å². The Kier molecular flexibility index (Phi) is 3.54. The van der Waals surface area contributed by atoms with Gasteiger partial charge in [-0.05, 0) is 25.5 Å². The fourth-order valence-electron chi connectivity index (χ4n) is 2.52. The smallest absolute Gasteiger partial charge is 0.117 e. The van der Waals surface area contributed by atoms with Crippen LogP contribution in [0.1, 0.15) is 16.8 Å². The van der Waals surface area contributed by atoms with Gasteiger partial charge in [0, 0.05) is 5.56 Å². The van der Waals surface area contributed by atoms with E-state index in [1.54, 1.807) is 4.68 Å². The first-order chi connectivity index (χ1) is 10.2. The molecule has 1 aromatic heterocycles. The molecule has 0 aliphatic heterocycles. The van der Waals surface area contributed by atoms with E-state index in [9.17, 15) is 5.11 Å². The number of nitrogens with zero attached hydrogens (tertiary/aromatic N) is 3. The molecule has 2 aromatic carbocycles. The van der Waals surface area contributed by atoms with Crippen LogP contribution in [0.25, 0.3) is 16.9 Å². The van der Waals surface area contributed by atoms with Gasteiger partial charge in [0.05, 0.1) is 12.3 Å². The predicted molar refractivity (Wildman–Crippen MR) is 82.2 cm³/mol. The van der Waals surface area contributed by atoms with E-state index < -0.39 is 0 Å². The Bertz CT molecular complexity index is 763. The van der Waals surface area contributed by atoms with Crippen molar-refractivity contribution < 1.29 is 5.11 Å². The molecular weight excluding hydrogens is 262 g/mol. The molecule has 0 saturated carbocycles. The predicted octanol–water partition coefficient (Wildman–Crippen LogP) is 3.04. The first-order valence-electron chi connectivity index (χ1n) is 6.89. The Hall–Kier alpha value is -2.46. The summed E-state index contributed by atoms with van der Waals surface area (Å²) in [5, 5.41) is 17.9. The monoisotopic (exact) mass is 279 g/mol. The fourth-order valence-corrected chi connectivity index (χ4v) is 2.52. The zero-order chi connectivity index (χ0) is 14.8. The zero-order valence-electron chi connectivity index (χ0n) is 12.1. The van der Waals surface area contributed by atoms with Crippen LogP contribution in [-0.4, -0.2) is 20.1 Å². The number of aliphatic hydroxyl groups excluding tert-OH is 1. The van der Waals surface area contributed by atoms with E-state index in [-0.39, 0.29) is 6.61 Å². The number of benzene rings is 2. The second-order valence-corrected chi connectivity index (χ2v) is 5.11. The van der Waals surface area contributed by atoms with Crippen LogP contribution in [0.5, 0.6) is 0 Å². The summed E-state index contributed by atoms with van der Waals surface area (Å²) in [6, 6.07) is 16.1. The topological polar surface area (TPSA) is 50.9 Å².